The zero-order valence-corrected chi connectivity index (χ0v) is 15.7. The number of hydrogen-bond donors (Lipinski definition) is 2. The average Bonchev–Trinajstić information content (AvgIpc) is 2.59. The maximum absolute atomic E-state index is 12.1. The third-order valence-corrected chi connectivity index (χ3v) is 4.79. The third-order valence-electron chi connectivity index (χ3n) is 4.79. The first-order valence-electron chi connectivity index (χ1n) is 8.79. The second-order valence-corrected chi connectivity index (χ2v) is 6.57. The first-order valence-corrected chi connectivity index (χ1v) is 8.79. The summed E-state index contributed by atoms with van der Waals surface area (Å²) in [5.41, 5.74) is 1.25. The van der Waals surface area contributed by atoms with Crippen LogP contribution < -0.4 is 15.4 Å². The van der Waals surface area contributed by atoms with E-state index in [1.807, 2.05) is 12.1 Å². The highest BCUT2D eigenvalue weighted by atomic mass is 35.5. The van der Waals surface area contributed by atoms with Crippen LogP contribution in [0.1, 0.15) is 38.2 Å². The highest BCUT2D eigenvalue weighted by molar-refractivity contribution is 5.85. The SMILES string of the molecule is COc1cccc(CCCNC(=O)CC(C)C2CCNCC2)c1.Cl. The molecule has 0 aromatic heterocycles. The number of piperidine rings is 1. The molecule has 1 aromatic rings. The molecule has 1 fully saturated rings. The summed E-state index contributed by atoms with van der Waals surface area (Å²) < 4.78 is 5.23. The van der Waals surface area contributed by atoms with Crippen molar-refractivity contribution < 1.29 is 9.53 Å². The van der Waals surface area contributed by atoms with E-state index in [9.17, 15) is 4.79 Å². The predicted octanol–water partition coefficient (Wildman–Crippen LogP) is 3.19. The largest absolute Gasteiger partial charge is 0.497 e. The van der Waals surface area contributed by atoms with Crippen molar-refractivity contribution >= 4 is 18.3 Å². The van der Waals surface area contributed by atoms with Crippen LogP contribution >= 0.6 is 12.4 Å². The molecule has 0 bridgehead atoms. The summed E-state index contributed by atoms with van der Waals surface area (Å²) in [6.07, 6.45) is 4.97. The van der Waals surface area contributed by atoms with Crippen molar-refractivity contribution in [2.24, 2.45) is 11.8 Å². The van der Waals surface area contributed by atoms with Crippen molar-refractivity contribution in [1.29, 1.82) is 0 Å². The Morgan fingerprint density at radius 2 is 2.12 bits per heavy atom. The van der Waals surface area contributed by atoms with Crippen molar-refractivity contribution in [1.82, 2.24) is 10.6 Å². The topological polar surface area (TPSA) is 50.4 Å². The van der Waals surface area contributed by atoms with Crippen molar-refractivity contribution in [2.75, 3.05) is 26.7 Å². The van der Waals surface area contributed by atoms with Crippen molar-refractivity contribution in [3.05, 3.63) is 29.8 Å². The number of aryl methyl sites for hydroxylation is 1. The molecule has 24 heavy (non-hydrogen) atoms. The molecule has 136 valence electrons. The lowest BCUT2D eigenvalue weighted by Gasteiger charge is -2.27. The quantitative estimate of drug-likeness (QED) is 0.705. The van der Waals surface area contributed by atoms with Gasteiger partial charge in [-0.05, 0) is 68.3 Å². The van der Waals surface area contributed by atoms with E-state index in [0.29, 0.717) is 18.3 Å². The Labute approximate surface area is 152 Å². The summed E-state index contributed by atoms with van der Waals surface area (Å²) in [7, 11) is 1.68. The number of benzene rings is 1. The molecule has 1 aliphatic heterocycles. The summed E-state index contributed by atoms with van der Waals surface area (Å²) in [6, 6.07) is 8.12. The average molecular weight is 355 g/mol. The lowest BCUT2D eigenvalue weighted by molar-refractivity contribution is -0.122. The number of amides is 1. The van der Waals surface area contributed by atoms with E-state index in [2.05, 4.69) is 29.7 Å². The molecule has 2 rings (SSSR count). The molecular formula is C19H31ClN2O2. The van der Waals surface area contributed by atoms with Gasteiger partial charge in [-0.2, -0.15) is 0 Å². The monoisotopic (exact) mass is 354 g/mol. The fourth-order valence-electron chi connectivity index (χ4n) is 3.29. The number of halogens is 1. The Balaban J connectivity index is 0.00000288. The number of ether oxygens (including phenoxy) is 1. The van der Waals surface area contributed by atoms with Gasteiger partial charge in [-0.1, -0.05) is 19.1 Å². The van der Waals surface area contributed by atoms with Crippen molar-refractivity contribution in [2.45, 2.75) is 39.0 Å². The van der Waals surface area contributed by atoms with E-state index in [0.717, 1.165) is 38.2 Å². The van der Waals surface area contributed by atoms with Crippen LogP contribution in [-0.4, -0.2) is 32.7 Å². The van der Waals surface area contributed by atoms with E-state index in [4.69, 9.17) is 4.74 Å². The number of carbonyl (C=O) groups excluding carboxylic acids is 1. The Morgan fingerprint density at radius 1 is 1.38 bits per heavy atom. The van der Waals surface area contributed by atoms with Gasteiger partial charge >= 0.3 is 0 Å². The van der Waals surface area contributed by atoms with E-state index in [-0.39, 0.29) is 18.3 Å². The van der Waals surface area contributed by atoms with Crippen LogP contribution in [0, 0.1) is 11.8 Å². The lowest BCUT2D eigenvalue weighted by Crippen LogP contribution is -2.33. The summed E-state index contributed by atoms with van der Waals surface area (Å²) >= 11 is 0. The number of carbonyl (C=O) groups is 1. The highest BCUT2D eigenvalue weighted by Crippen LogP contribution is 2.24. The molecule has 1 saturated heterocycles. The standard InChI is InChI=1S/C19H30N2O2.ClH/c1-15(17-8-11-20-12-9-17)13-19(22)21-10-4-6-16-5-3-7-18(14-16)23-2;/h3,5,7,14-15,17,20H,4,6,8-13H2,1-2H3,(H,21,22);1H. The van der Waals surface area contributed by atoms with E-state index >= 15 is 0 Å². The second kappa shape index (κ2) is 11.3. The maximum Gasteiger partial charge on any atom is 0.220 e. The van der Waals surface area contributed by atoms with Crippen LogP contribution in [0.15, 0.2) is 24.3 Å². The highest BCUT2D eigenvalue weighted by Gasteiger charge is 2.21. The molecule has 1 atom stereocenters. The van der Waals surface area contributed by atoms with Gasteiger partial charge in [0.1, 0.15) is 5.75 Å². The van der Waals surface area contributed by atoms with E-state index in [1.54, 1.807) is 7.11 Å². The lowest BCUT2D eigenvalue weighted by atomic mass is 9.84. The fourth-order valence-corrected chi connectivity index (χ4v) is 3.29. The number of hydrogen-bond acceptors (Lipinski definition) is 3. The normalized spacial score (nSPS) is 16.1. The summed E-state index contributed by atoms with van der Waals surface area (Å²) in [5.74, 6) is 2.26. The molecule has 1 aliphatic rings. The summed E-state index contributed by atoms with van der Waals surface area (Å²) in [6.45, 7) is 5.15. The van der Waals surface area contributed by atoms with E-state index in [1.165, 1.54) is 18.4 Å². The van der Waals surface area contributed by atoms with Gasteiger partial charge in [0.05, 0.1) is 7.11 Å². The van der Waals surface area contributed by atoms with Crippen LogP contribution in [0.25, 0.3) is 0 Å². The van der Waals surface area contributed by atoms with Gasteiger partial charge in [-0.3, -0.25) is 4.79 Å². The number of methoxy groups -OCH3 is 1. The van der Waals surface area contributed by atoms with E-state index < -0.39 is 0 Å². The van der Waals surface area contributed by atoms with Crippen LogP contribution in [0.5, 0.6) is 5.75 Å². The molecule has 1 heterocycles. The molecule has 2 N–H and O–H groups in total. The first-order chi connectivity index (χ1) is 11.2. The van der Waals surface area contributed by atoms with Crippen LogP contribution in [0.2, 0.25) is 0 Å². The third kappa shape index (κ3) is 7.10. The molecule has 0 spiro atoms. The minimum absolute atomic E-state index is 0. The smallest absolute Gasteiger partial charge is 0.220 e. The van der Waals surface area contributed by atoms with Gasteiger partial charge in [-0.25, -0.2) is 0 Å². The van der Waals surface area contributed by atoms with Gasteiger partial charge in [0.2, 0.25) is 5.91 Å². The zero-order chi connectivity index (χ0) is 16.5. The molecule has 1 unspecified atom stereocenters. The fraction of sp³-hybridized carbons (Fsp3) is 0.632. The molecule has 0 aliphatic carbocycles. The van der Waals surface area contributed by atoms with Gasteiger partial charge in [0.15, 0.2) is 0 Å². The molecule has 1 amide bonds. The van der Waals surface area contributed by atoms with Gasteiger partial charge < -0.3 is 15.4 Å². The zero-order valence-electron chi connectivity index (χ0n) is 14.8. The van der Waals surface area contributed by atoms with Gasteiger partial charge in [-0.15, -0.1) is 12.4 Å². The Kier molecular flexibility index (Phi) is 9.80. The minimum atomic E-state index is 0. The Hall–Kier alpha value is -1.26. The van der Waals surface area contributed by atoms with Crippen LogP contribution in [0.3, 0.4) is 0 Å². The molecule has 0 saturated carbocycles. The Morgan fingerprint density at radius 3 is 2.83 bits per heavy atom. The number of nitrogens with one attached hydrogen (secondary N) is 2. The maximum atomic E-state index is 12.1. The van der Waals surface area contributed by atoms with Gasteiger partial charge in [0, 0.05) is 13.0 Å². The molecule has 4 nitrogen and oxygen atoms in total. The second-order valence-electron chi connectivity index (χ2n) is 6.57. The molecule has 0 radical (unpaired) electrons. The first kappa shape index (κ1) is 20.8. The van der Waals surface area contributed by atoms with Crippen molar-refractivity contribution in [3.63, 3.8) is 0 Å². The molecule has 1 aromatic carbocycles. The minimum Gasteiger partial charge on any atom is -0.497 e. The predicted molar refractivity (Wildman–Crippen MR) is 101 cm³/mol. The van der Waals surface area contributed by atoms with Crippen molar-refractivity contribution in [3.8, 4) is 5.75 Å². The van der Waals surface area contributed by atoms with Crippen LogP contribution in [0.4, 0.5) is 0 Å². The van der Waals surface area contributed by atoms with Gasteiger partial charge in [0.25, 0.3) is 0 Å². The number of rotatable bonds is 8. The molecular weight excluding hydrogens is 324 g/mol. The molecule has 5 heteroatoms. The summed E-state index contributed by atoms with van der Waals surface area (Å²) in [5, 5.41) is 6.44. The Bertz CT molecular complexity index is 490. The summed E-state index contributed by atoms with van der Waals surface area (Å²) in [4.78, 5) is 12.1. The van der Waals surface area contributed by atoms with Crippen LogP contribution in [-0.2, 0) is 11.2 Å².